The van der Waals surface area contributed by atoms with Gasteiger partial charge in [0.1, 0.15) is 5.82 Å². The van der Waals surface area contributed by atoms with Gasteiger partial charge in [0.2, 0.25) is 0 Å². The summed E-state index contributed by atoms with van der Waals surface area (Å²) >= 11 is 0. The van der Waals surface area contributed by atoms with Crippen LogP contribution in [-0.2, 0) is 4.57 Å². The van der Waals surface area contributed by atoms with Crippen LogP contribution in [0.25, 0.3) is 55.7 Å². The zero-order chi connectivity index (χ0) is 31.8. The average Bonchev–Trinajstić information content (AvgIpc) is 3.15. The van der Waals surface area contributed by atoms with Crippen LogP contribution in [-0.4, -0.2) is 15.0 Å². The number of aromatic nitrogens is 3. The molecule has 4 nitrogen and oxygen atoms in total. The van der Waals surface area contributed by atoms with E-state index in [1.54, 1.807) is 12.1 Å². The van der Waals surface area contributed by atoms with Gasteiger partial charge in [-0.3, -0.25) is 0 Å². The van der Waals surface area contributed by atoms with E-state index in [9.17, 15) is 8.96 Å². The highest BCUT2D eigenvalue weighted by molar-refractivity contribution is 7.85. The number of halogens is 1. The average molecular weight is 628 g/mol. The molecule has 1 heterocycles. The molecule has 7 aromatic carbocycles. The van der Waals surface area contributed by atoms with Gasteiger partial charge in [-0.1, -0.05) is 133 Å². The zero-order valence-corrected chi connectivity index (χ0v) is 26.1. The van der Waals surface area contributed by atoms with Gasteiger partial charge in [-0.2, -0.15) is 0 Å². The van der Waals surface area contributed by atoms with Gasteiger partial charge < -0.3 is 4.57 Å². The van der Waals surface area contributed by atoms with Crippen molar-refractivity contribution in [3.8, 4) is 34.2 Å². The molecule has 0 spiro atoms. The van der Waals surface area contributed by atoms with Crippen LogP contribution in [0.3, 0.4) is 0 Å². The van der Waals surface area contributed by atoms with Crippen molar-refractivity contribution in [3.63, 3.8) is 0 Å². The van der Waals surface area contributed by atoms with Crippen molar-refractivity contribution < 1.29 is 8.96 Å². The van der Waals surface area contributed by atoms with Gasteiger partial charge >= 0.3 is 0 Å². The fraction of sp³-hybridized carbons (Fsp3) is 0. The molecule has 6 heteroatoms. The van der Waals surface area contributed by atoms with Gasteiger partial charge in [0, 0.05) is 32.6 Å². The van der Waals surface area contributed by atoms with Crippen molar-refractivity contribution in [2.45, 2.75) is 0 Å². The fourth-order valence-electron chi connectivity index (χ4n) is 6.14. The number of benzene rings is 7. The summed E-state index contributed by atoms with van der Waals surface area (Å²) in [7, 11) is -3.15. The Balaban J connectivity index is 1.31. The Labute approximate surface area is 271 Å². The molecule has 0 N–H and O–H groups in total. The fourth-order valence-corrected chi connectivity index (χ4v) is 8.78. The van der Waals surface area contributed by atoms with Crippen LogP contribution in [0.4, 0.5) is 4.39 Å². The molecule has 47 heavy (non-hydrogen) atoms. The van der Waals surface area contributed by atoms with Crippen LogP contribution in [0, 0.1) is 5.82 Å². The summed E-state index contributed by atoms with van der Waals surface area (Å²) < 4.78 is 28.8. The molecule has 8 aromatic rings. The Morgan fingerprint density at radius 2 is 0.872 bits per heavy atom. The van der Waals surface area contributed by atoms with Crippen molar-refractivity contribution in [1.82, 2.24) is 15.0 Å². The second kappa shape index (κ2) is 11.9. The predicted molar refractivity (Wildman–Crippen MR) is 190 cm³/mol. The summed E-state index contributed by atoms with van der Waals surface area (Å²) in [4.78, 5) is 14.8. The van der Waals surface area contributed by atoms with Gasteiger partial charge in [-0.05, 0) is 51.9 Å². The number of fused-ring (bicyclic) bond motifs is 3. The van der Waals surface area contributed by atoms with E-state index in [-0.39, 0.29) is 5.82 Å². The minimum Gasteiger partial charge on any atom is -0.309 e. The summed E-state index contributed by atoms with van der Waals surface area (Å²) in [5.74, 6) is 1.08. The Morgan fingerprint density at radius 3 is 1.47 bits per heavy atom. The first-order valence-electron chi connectivity index (χ1n) is 15.3. The molecular formula is C41H27FN3OP. The Morgan fingerprint density at radius 1 is 0.426 bits per heavy atom. The van der Waals surface area contributed by atoms with E-state index in [2.05, 4.69) is 30.3 Å². The molecule has 0 unspecified atom stereocenters. The molecule has 0 amide bonds. The van der Waals surface area contributed by atoms with E-state index in [0.29, 0.717) is 28.3 Å². The molecule has 0 saturated heterocycles. The minimum absolute atomic E-state index is 0.333. The first-order chi connectivity index (χ1) is 23.1. The summed E-state index contributed by atoms with van der Waals surface area (Å²) in [6.07, 6.45) is 0. The normalized spacial score (nSPS) is 11.6. The van der Waals surface area contributed by atoms with Gasteiger partial charge in [0.25, 0.3) is 0 Å². The highest BCUT2D eigenvalue weighted by Crippen LogP contribution is 2.42. The lowest BCUT2D eigenvalue weighted by Gasteiger charge is -2.20. The molecule has 0 atom stereocenters. The van der Waals surface area contributed by atoms with E-state index in [0.717, 1.165) is 43.3 Å². The third kappa shape index (κ3) is 5.21. The molecular weight excluding hydrogens is 600 g/mol. The maximum absolute atomic E-state index is 14.9. The molecule has 0 aliphatic heterocycles. The topological polar surface area (TPSA) is 55.7 Å². The van der Waals surface area contributed by atoms with Crippen LogP contribution in [0.5, 0.6) is 0 Å². The molecule has 0 bridgehead atoms. The van der Waals surface area contributed by atoms with Crippen LogP contribution >= 0.6 is 7.14 Å². The molecule has 1 aromatic heterocycles. The number of rotatable bonds is 6. The van der Waals surface area contributed by atoms with Crippen LogP contribution in [0.1, 0.15) is 0 Å². The van der Waals surface area contributed by atoms with Crippen molar-refractivity contribution >= 4 is 44.6 Å². The van der Waals surface area contributed by atoms with E-state index in [1.165, 1.54) is 12.1 Å². The predicted octanol–water partition coefficient (Wildman–Crippen LogP) is 8.96. The van der Waals surface area contributed by atoms with Crippen LogP contribution < -0.4 is 15.9 Å². The lowest BCUT2D eigenvalue weighted by Crippen LogP contribution is -2.24. The number of nitrogens with zero attached hydrogens (tertiary/aromatic N) is 3. The minimum atomic E-state index is -3.15. The van der Waals surface area contributed by atoms with Gasteiger partial charge in [-0.15, -0.1) is 0 Å². The quantitative estimate of drug-likeness (QED) is 0.136. The third-order valence-corrected chi connectivity index (χ3v) is 11.6. The van der Waals surface area contributed by atoms with E-state index in [4.69, 9.17) is 15.0 Å². The Kier molecular flexibility index (Phi) is 7.24. The molecule has 0 aliphatic rings. The number of hydrogen-bond donors (Lipinski definition) is 0. The van der Waals surface area contributed by atoms with E-state index in [1.807, 2.05) is 109 Å². The van der Waals surface area contributed by atoms with Crippen molar-refractivity contribution in [2.24, 2.45) is 0 Å². The summed E-state index contributed by atoms with van der Waals surface area (Å²) in [6, 6.07) is 51.6. The SMILES string of the molecule is O=P(c1ccccc1)(c1ccccc1)c1ccc(-c2nc(-c3ccc(F)cc3)nc(-c3cc4ccccc4c4ccccc34)n2)cc1. The molecule has 224 valence electrons. The second-order valence-corrected chi connectivity index (χ2v) is 14.1. The second-order valence-electron chi connectivity index (χ2n) is 11.3. The van der Waals surface area contributed by atoms with Crippen molar-refractivity contribution in [2.75, 3.05) is 0 Å². The van der Waals surface area contributed by atoms with Crippen molar-refractivity contribution in [1.29, 1.82) is 0 Å². The molecule has 8 rings (SSSR count). The van der Waals surface area contributed by atoms with E-state index >= 15 is 0 Å². The maximum Gasteiger partial charge on any atom is 0.171 e. The van der Waals surface area contributed by atoms with Crippen molar-refractivity contribution in [3.05, 3.63) is 170 Å². The highest BCUT2D eigenvalue weighted by Gasteiger charge is 2.29. The zero-order valence-electron chi connectivity index (χ0n) is 25.2. The number of hydrogen-bond acceptors (Lipinski definition) is 4. The van der Waals surface area contributed by atoms with Gasteiger partial charge in [0.15, 0.2) is 24.6 Å². The summed E-state index contributed by atoms with van der Waals surface area (Å²) in [6.45, 7) is 0. The molecule has 0 aliphatic carbocycles. The van der Waals surface area contributed by atoms with E-state index < -0.39 is 7.14 Å². The standard InChI is InChI=1S/C41H27FN3OP/c42-31-23-19-28(20-24-31)39-43-40(45-41(44-39)38-27-30-11-7-8-16-35(30)36-17-9-10-18-37(36)38)29-21-25-34(26-22-29)47(46,32-12-3-1-4-13-32)33-14-5-2-6-15-33/h1-27H. The van der Waals surface area contributed by atoms with Crippen LogP contribution in [0.2, 0.25) is 0 Å². The summed E-state index contributed by atoms with van der Waals surface area (Å²) in [5, 5.41) is 6.60. The third-order valence-electron chi connectivity index (χ3n) is 8.48. The Hall–Kier alpha value is -5.77. The summed E-state index contributed by atoms with van der Waals surface area (Å²) in [5.41, 5.74) is 2.30. The van der Waals surface area contributed by atoms with Gasteiger partial charge in [-0.25, -0.2) is 19.3 Å². The molecule has 0 fully saturated rings. The lowest BCUT2D eigenvalue weighted by atomic mass is 9.97. The monoisotopic (exact) mass is 627 g/mol. The Bertz CT molecular complexity index is 2390. The lowest BCUT2D eigenvalue weighted by molar-refractivity contribution is 0.592. The first-order valence-corrected chi connectivity index (χ1v) is 17.0. The molecule has 0 radical (unpaired) electrons. The smallest absolute Gasteiger partial charge is 0.171 e. The maximum atomic E-state index is 14.9. The first kappa shape index (κ1) is 28.7. The van der Waals surface area contributed by atoms with Gasteiger partial charge in [0.05, 0.1) is 0 Å². The highest BCUT2D eigenvalue weighted by atomic mass is 31.2. The largest absolute Gasteiger partial charge is 0.309 e. The van der Waals surface area contributed by atoms with Crippen LogP contribution in [0.15, 0.2) is 164 Å². The molecule has 0 saturated carbocycles.